The Morgan fingerprint density at radius 2 is 2.11 bits per heavy atom. The molecule has 1 saturated heterocycles. The van der Waals surface area contributed by atoms with E-state index in [0.717, 1.165) is 38.8 Å². The van der Waals surface area contributed by atoms with Gasteiger partial charge in [-0.25, -0.2) is 4.72 Å². The van der Waals surface area contributed by atoms with Gasteiger partial charge in [-0.2, -0.15) is 12.7 Å². The molecular formula is C12H27N3O3S. The lowest BCUT2D eigenvalue weighted by atomic mass is 10.1. The highest BCUT2D eigenvalue weighted by atomic mass is 32.2. The molecule has 1 aliphatic heterocycles. The second-order valence-corrected chi connectivity index (χ2v) is 6.82. The van der Waals surface area contributed by atoms with Crippen molar-refractivity contribution in [1.29, 1.82) is 0 Å². The molecule has 19 heavy (non-hydrogen) atoms. The van der Waals surface area contributed by atoms with E-state index in [0.29, 0.717) is 13.1 Å². The van der Waals surface area contributed by atoms with Crippen molar-refractivity contribution in [2.75, 3.05) is 40.3 Å². The summed E-state index contributed by atoms with van der Waals surface area (Å²) in [5.74, 6) is 0. The zero-order valence-electron chi connectivity index (χ0n) is 12.0. The fourth-order valence-corrected chi connectivity index (χ4v) is 3.06. The fourth-order valence-electron chi connectivity index (χ4n) is 2.09. The van der Waals surface area contributed by atoms with E-state index in [1.54, 1.807) is 7.05 Å². The maximum atomic E-state index is 11.9. The van der Waals surface area contributed by atoms with Gasteiger partial charge in [0, 0.05) is 26.7 Å². The van der Waals surface area contributed by atoms with Crippen molar-refractivity contribution >= 4 is 10.2 Å². The molecule has 0 radical (unpaired) electrons. The van der Waals surface area contributed by atoms with Gasteiger partial charge in [0.2, 0.25) is 0 Å². The molecule has 7 heteroatoms. The average molecular weight is 293 g/mol. The first-order chi connectivity index (χ1) is 9.06. The molecular weight excluding hydrogens is 266 g/mol. The molecule has 0 aromatic carbocycles. The first-order valence-electron chi connectivity index (χ1n) is 7.03. The molecule has 1 unspecified atom stereocenters. The van der Waals surface area contributed by atoms with Crippen LogP contribution in [0.2, 0.25) is 0 Å². The van der Waals surface area contributed by atoms with E-state index in [4.69, 9.17) is 4.74 Å². The van der Waals surface area contributed by atoms with E-state index >= 15 is 0 Å². The van der Waals surface area contributed by atoms with Crippen LogP contribution in [0.25, 0.3) is 0 Å². The second-order valence-electron chi connectivity index (χ2n) is 4.96. The highest BCUT2D eigenvalue weighted by Crippen LogP contribution is 2.15. The van der Waals surface area contributed by atoms with Crippen LogP contribution in [0.15, 0.2) is 0 Å². The quantitative estimate of drug-likeness (QED) is 0.601. The van der Waals surface area contributed by atoms with E-state index in [1.165, 1.54) is 10.7 Å². The van der Waals surface area contributed by atoms with Crippen molar-refractivity contribution in [3.05, 3.63) is 0 Å². The largest absolute Gasteiger partial charge is 0.378 e. The standard InChI is InChI=1S/C12H27N3O3S/c1-13-8-5-10-15(2)19(16,17)14-9-7-12-6-3-4-11-18-12/h12-14H,3-11H2,1-2H3. The summed E-state index contributed by atoms with van der Waals surface area (Å²) in [6.45, 7) is 2.59. The molecule has 0 aliphatic carbocycles. The Morgan fingerprint density at radius 3 is 2.74 bits per heavy atom. The normalized spacial score (nSPS) is 20.9. The van der Waals surface area contributed by atoms with Crippen molar-refractivity contribution in [3.63, 3.8) is 0 Å². The number of hydrogen-bond acceptors (Lipinski definition) is 4. The van der Waals surface area contributed by atoms with Gasteiger partial charge >= 0.3 is 0 Å². The van der Waals surface area contributed by atoms with E-state index in [-0.39, 0.29) is 6.10 Å². The Bertz CT molecular complexity index is 329. The summed E-state index contributed by atoms with van der Waals surface area (Å²) < 4.78 is 33.4. The number of hydrogen-bond donors (Lipinski definition) is 2. The first kappa shape index (κ1) is 16.8. The monoisotopic (exact) mass is 293 g/mol. The molecule has 6 nitrogen and oxygen atoms in total. The van der Waals surface area contributed by atoms with Crippen molar-refractivity contribution in [1.82, 2.24) is 14.3 Å². The summed E-state index contributed by atoms with van der Waals surface area (Å²) in [7, 11) is 0.123. The van der Waals surface area contributed by atoms with Gasteiger partial charge in [-0.1, -0.05) is 0 Å². The number of nitrogens with zero attached hydrogens (tertiary/aromatic N) is 1. The number of nitrogens with one attached hydrogen (secondary N) is 2. The Balaban J connectivity index is 2.21. The predicted molar refractivity (Wildman–Crippen MR) is 76.3 cm³/mol. The SMILES string of the molecule is CNCCCN(C)S(=O)(=O)NCCC1CCCCO1. The topological polar surface area (TPSA) is 70.7 Å². The third-order valence-electron chi connectivity index (χ3n) is 3.33. The molecule has 0 amide bonds. The summed E-state index contributed by atoms with van der Waals surface area (Å²) in [4.78, 5) is 0. The van der Waals surface area contributed by atoms with Crippen LogP contribution < -0.4 is 10.0 Å². The molecule has 1 atom stereocenters. The van der Waals surface area contributed by atoms with Crippen molar-refractivity contribution in [2.45, 2.75) is 38.2 Å². The molecule has 1 fully saturated rings. The molecule has 0 saturated carbocycles. The lowest BCUT2D eigenvalue weighted by Gasteiger charge is -2.23. The molecule has 0 spiro atoms. The second kappa shape index (κ2) is 8.86. The van der Waals surface area contributed by atoms with E-state index in [2.05, 4.69) is 10.0 Å². The van der Waals surface area contributed by atoms with Gasteiger partial charge in [-0.05, 0) is 45.7 Å². The van der Waals surface area contributed by atoms with Crippen molar-refractivity contribution in [2.24, 2.45) is 0 Å². The summed E-state index contributed by atoms with van der Waals surface area (Å²) in [5, 5.41) is 3.00. The van der Waals surface area contributed by atoms with Gasteiger partial charge in [0.05, 0.1) is 6.10 Å². The lowest BCUT2D eigenvalue weighted by Crippen LogP contribution is -2.40. The zero-order chi connectivity index (χ0) is 14.1. The van der Waals surface area contributed by atoms with Crippen LogP contribution in [0, 0.1) is 0 Å². The fraction of sp³-hybridized carbons (Fsp3) is 1.00. The summed E-state index contributed by atoms with van der Waals surface area (Å²) in [5.41, 5.74) is 0. The maximum absolute atomic E-state index is 11.9. The van der Waals surface area contributed by atoms with Crippen LogP contribution >= 0.6 is 0 Å². The van der Waals surface area contributed by atoms with Crippen LogP contribution in [-0.2, 0) is 14.9 Å². The van der Waals surface area contributed by atoms with Crippen LogP contribution in [-0.4, -0.2) is 59.2 Å². The molecule has 1 aliphatic rings. The average Bonchev–Trinajstić information content (AvgIpc) is 2.40. The third kappa shape index (κ3) is 6.67. The van der Waals surface area contributed by atoms with Crippen LogP contribution in [0.4, 0.5) is 0 Å². The van der Waals surface area contributed by atoms with Crippen LogP contribution in [0.1, 0.15) is 32.1 Å². The Kier molecular flexibility index (Phi) is 7.86. The van der Waals surface area contributed by atoms with Gasteiger partial charge in [-0.3, -0.25) is 0 Å². The van der Waals surface area contributed by atoms with Gasteiger partial charge in [0.15, 0.2) is 0 Å². The van der Waals surface area contributed by atoms with Gasteiger partial charge in [0.1, 0.15) is 0 Å². The van der Waals surface area contributed by atoms with Gasteiger partial charge in [0.25, 0.3) is 10.2 Å². The highest BCUT2D eigenvalue weighted by Gasteiger charge is 2.18. The molecule has 0 aromatic heterocycles. The maximum Gasteiger partial charge on any atom is 0.279 e. The van der Waals surface area contributed by atoms with Gasteiger partial charge < -0.3 is 10.1 Å². The molecule has 1 heterocycles. The van der Waals surface area contributed by atoms with E-state index < -0.39 is 10.2 Å². The van der Waals surface area contributed by atoms with Gasteiger partial charge in [-0.15, -0.1) is 0 Å². The summed E-state index contributed by atoms with van der Waals surface area (Å²) in [6.07, 6.45) is 5.12. The minimum Gasteiger partial charge on any atom is -0.378 e. The third-order valence-corrected chi connectivity index (χ3v) is 4.91. The van der Waals surface area contributed by atoms with E-state index in [9.17, 15) is 8.42 Å². The van der Waals surface area contributed by atoms with Crippen LogP contribution in [0.5, 0.6) is 0 Å². The smallest absolute Gasteiger partial charge is 0.279 e. The van der Waals surface area contributed by atoms with E-state index in [1.807, 2.05) is 7.05 Å². The molecule has 0 bridgehead atoms. The number of ether oxygens (including phenoxy) is 1. The molecule has 0 aromatic rings. The first-order valence-corrected chi connectivity index (χ1v) is 8.47. The van der Waals surface area contributed by atoms with Crippen LogP contribution in [0.3, 0.4) is 0 Å². The predicted octanol–water partition coefficient (Wildman–Crippen LogP) is 0.321. The lowest BCUT2D eigenvalue weighted by molar-refractivity contribution is 0.0123. The Hall–Kier alpha value is -0.210. The minimum atomic E-state index is -3.34. The van der Waals surface area contributed by atoms with Crippen molar-refractivity contribution < 1.29 is 13.2 Å². The van der Waals surface area contributed by atoms with Crippen molar-refractivity contribution in [3.8, 4) is 0 Å². The summed E-state index contributed by atoms with van der Waals surface area (Å²) in [6, 6.07) is 0. The highest BCUT2D eigenvalue weighted by molar-refractivity contribution is 7.87. The Labute approximate surface area is 117 Å². The Morgan fingerprint density at radius 1 is 1.32 bits per heavy atom. The molecule has 1 rings (SSSR count). The summed E-state index contributed by atoms with van der Waals surface area (Å²) >= 11 is 0. The number of rotatable bonds is 9. The zero-order valence-corrected chi connectivity index (χ0v) is 12.8. The molecule has 2 N–H and O–H groups in total. The molecule has 114 valence electrons. The minimum absolute atomic E-state index is 0.214.